The third kappa shape index (κ3) is 11.7. The summed E-state index contributed by atoms with van der Waals surface area (Å²) in [6.45, 7) is 10.4. The van der Waals surface area contributed by atoms with Crippen molar-refractivity contribution >= 4 is 11.9 Å². The average molecular weight is 272 g/mol. The first kappa shape index (κ1) is 17.9. The van der Waals surface area contributed by atoms with E-state index < -0.39 is 11.9 Å². The van der Waals surface area contributed by atoms with E-state index in [1.807, 2.05) is 6.92 Å². The maximum absolute atomic E-state index is 11.5. The smallest absolute Gasteiger partial charge is 0.247 e. The van der Waals surface area contributed by atoms with E-state index in [9.17, 15) is 9.59 Å². The lowest BCUT2D eigenvalue weighted by atomic mass is 9.84. The van der Waals surface area contributed by atoms with E-state index in [4.69, 9.17) is 0 Å². The molecule has 0 saturated heterocycles. The number of carbonyl (C=O) groups excluding carboxylic acids is 2. The normalized spacial score (nSPS) is 12.9. The minimum atomic E-state index is -0.472. The van der Waals surface area contributed by atoms with Crippen molar-refractivity contribution in [2.24, 2.45) is 11.3 Å². The summed E-state index contributed by atoms with van der Waals surface area (Å²) in [6, 6.07) is 0. The van der Waals surface area contributed by atoms with Crippen LogP contribution in [0.25, 0.3) is 0 Å². The van der Waals surface area contributed by atoms with Crippen LogP contribution in [0, 0.1) is 11.3 Å². The second kappa shape index (κ2) is 8.94. The molecular weight excluding hydrogens is 244 g/mol. The predicted molar refractivity (Wildman–Crippen MR) is 74.2 cm³/mol. The van der Waals surface area contributed by atoms with Crippen molar-refractivity contribution in [2.45, 2.75) is 73.1 Å². The van der Waals surface area contributed by atoms with Crippen LogP contribution in [0.1, 0.15) is 73.1 Å². The molecule has 0 N–H and O–H groups in total. The van der Waals surface area contributed by atoms with Gasteiger partial charge in [-0.1, -0.05) is 47.5 Å². The zero-order chi connectivity index (χ0) is 14.9. The van der Waals surface area contributed by atoms with E-state index in [2.05, 4.69) is 37.5 Å². The van der Waals surface area contributed by atoms with E-state index in [1.165, 1.54) is 0 Å². The molecule has 0 aromatic heterocycles. The Bertz CT molecular complexity index is 278. The average Bonchev–Trinajstić information content (AvgIpc) is 2.24. The molecule has 4 nitrogen and oxygen atoms in total. The fourth-order valence-corrected chi connectivity index (χ4v) is 2.09. The Morgan fingerprint density at radius 2 is 1.63 bits per heavy atom. The molecule has 4 heteroatoms. The van der Waals surface area contributed by atoms with Crippen LogP contribution in [-0.2, 0) is 19.4 Å². The first-order valence-corrected chi connectivity index (χ1v) is 7.14. The summed E-state index contributed by atoms with van der Waals surface area (Å²) in [5.74, 6) is -0.725. The van der Waals surface area contributed by atoms with Gasteiger partial charge in [-0.3, -0.25) is 0 Å². The number of hydrogen-bond acceptors (Lipinski definition) is 4. The molecule has 0 bridgehead atoms. The van der Waals surface area contributed by atoms with Crippen LogP contribution in [0.5, 0.6) is 0 Å². The highest BCUT2D eigenvalue weighted by Gasteiger charge is 2.19. The molecule has 19 heavy (non-hydrogen) atoms. The topological polar surface area (TPSA) is 52.6 Å². The van der Waals surface area contributed by atoms with E-state index in [0.717, 1.165) is 25.7 Å². The summed E-state index contributed by atoms with van der Waals surface area (Å²) in [5.41, 5.74) is 0.177. The largest absolute Gasteiger partial charge is 0.355 e. The standard InChI is InChI=1S/C15H28O4/c1-6-7-8-9-13(16)18-19-14(17)10-12(2)11-15(3,4)5/h12H,6-11H2,1-5H3. The van der Waals surface area contributed by atoms with Gasteiger partial charge in [-0.25, -0.2) is 19.4 Å². The van der Waals surface area contributed by atoms with Crippen molar-refractivity contribution in [3.63, 3.8) is 0 Å². The third-order valence-corrected chi connectivity index (χ3v) is 2.69. The molecule has 0 aliphatic heterocycles. The van der Waals surface area contributed by atoms with Gasteiger partial charge >= 0.3 is 11.9 Å². The molecule has 0 aromatic rings. The highest BCUT2D eigenvalue weighted by molar-refractivity contribution is 5.72. The zero-order valence-corrected chi connectivity index (χ0v) is 13.0. The van der Waals surface area contributed by atoms with Crippen molar-refractivity contribution in [2.75, 3.05) is 0 Å². The molecule has 1 atom stereocenters. The lowest BCUT2D eigenvalue weighted by Crippen LogP contribution is -2.17. The maximum Gasteiger partial charge on any atom is 0.355 e. The maximum atomic E-state index is 11.5. The Hall–Kier alpha value is -1.06. The van der Waals surface area contributed by atoms with Crippen molar-refractivity contribution < 1.29 is 19.4 Å². The van der Waals surface area contributed by atoms with E-state index in [0.29, 0.717) is 6.42 Å². The molecule has 0 saturated carbocycles. The van der Waals surface area contributed by atoms with Gasteiger partial charge in [-0.2, -0.15) is 0 Å². The monoisotopic (exact) mass is 272 g/mol. The second-order valence-corrected chi connectivity index (χ2v) is 6.44. The van der Waals surface area contributed by atoms with Crippen LogP contribution in [0.2, 0.25) is 0 Å². The van der Waals surface area contributed by atoms with Gasteiger partial charge in [0.15, 0.2) is 0 Å². The molecule has 0 aliphatic carbocycles. The Morgan fingerprint density at radius 3 is 2.16 bits per heavy atom. The van der Waals surface area contributed by atoms with E-state index in [1.54, 1.807) is 0 Å². The lowest BCUT2D eigenvalue weighted by molar-refractivity contribution is -0.259. The summed E-state index contributed by atoms with van der Waals surface area (Å²) < 4.78 is 0. The van der Waals surface area contributed by atoms with Crippen LogP contribution < -0.4 is 0 Å². The highest BCUT2D eigenvalue weighted by atomic mass is 17.2. The predicted octanol–water partition coefficient (Wildman–Crippen LogP) is 4.03. The van der Waals surface area contributed by atoms with E-state index >= 15 is 0 Å². The van der Waals surface area contributed by atoms with Crippen LogP contribution in [0.15, 0.2) is 0 Å². The van der Waals surface area contributed by atoms with Crippen LogP contribution in [0.4, 0.5) is 0 Å². The van der Waals surface area contributed by atoms with Gasteiger partial charge in [-0.15, -0.1) is 0 Å². The fraction of sp³-hybridized carbons (Fsp3) is 0.867. The number of hydrogen-bond donors (Lipinski definition) is 0. The van der Waals surface area contributed by atoms with Crippen LogP contribution in [0.3, 0.4) is 0 Å². The molecule has 112 valence electrons. The molecule has 0 spiro atoms. The van der Waals surface area contributed by atoms with Gasteiger partial charge in [0.2, 0.25) is 0 Å². The minimum absolute atomic E-state index is 0.177. The molecule has 0 rings (SSSR count). The molecule has 0 aliphatic rings. The molecule has 0 heterocycles. The summed E-state index contributed by atoms with van der Waals surface area (Å²) in [6.07, 6.45) is 4.29. The number of unbranched alkanes of at least 4 members (excludes halogenated alkanes) is 2. The molecule has 1 unspecified atom stereocenters. The molecule has 0 amide bonds. The second-order valence-electron chi connectivity index (χ2n) is 6.44. The van der Waals surface area contributed by atoms with Crippen LogP contribution in [-0.4, -0.2) is 11.9 Å². The highest BCUT2D eigenvalue weighted by Crippen LogP contribution is 2.26. The van der Waals surface area contributed by atoms with Crippen LogP contribution >= 0.6 is 0 Å². The first-order chi connectivity index (χ1) is 8.74. The first-order valence-electron chi connectivity index (χ1n) is 7.14. The fourth-order valence-electron chi connectivity index (χ4n) is 2.09. The quantitative estimate of drug-likeness (QED) is 0.399. The van der Waals surface area contributed by atoms with Crippen molar-refractivity contribution in [1.29, 1.82) is 0 Å². The number of rotatable bonds is 7. The Kier molecular flexibility index (Phi) is 8.44. The number of carbonyl (C=O) groups is 2. The third-order valence-electron chi connectivity index (χ3n) is 2.69. The summed E-state index contributed by atoms with van der Waals surface area (Å²) in [7, 11) is 0. The molecule has 0 radical (unpaired) electrons. The van der Waals surface area contributed by atoms with Crippen molar-refractivity contribution in [3.8, 4) is 0 Å². The molecule has 0 fully saturated rings. The van der Waals surface area contributed by atoms with Gasteiger partial charge in [0.25, 0.3) is 0 Å². The summed E-state index contributed by atoms with van der Waals surface area (Å²) in [4.78, 5) is 31.7. The van der Waals surface area contributed by atoms with E-state index in [-0.39, 0.29) is 17.8 Å². The van der Waals surface area contributed by atoms with Gasteiger partial charge in [0.05, 0.1) is 12.8 Å². The Morgan fingerprint density at radius 1 is 1.05 bits per heavy atom. The van der Waals surface area contributed by atoms with Gasteiger partial charge < -0.3 is 0 Å². The van der Waals surface area contributed by atoms with Crippen molar-refractivity contribution in [1.82, 2.24) is 0 Å². The Labute approximate surface area is 116 Å². The SMILES string of the molecule is CCCCCC(=O)OOC(=O)CC(C)CC(C)(C)C. The Balaban J connectivity index is 3.77. The summed E-state index contributed by atoms with van der Waals surface area (Å²) >= 11 is 0. The summed E-state index contributed by atoms with van der Waals surface area (Å²) in [5, 5.41) is 0. The van der Waals surface area contributed by atoms with Gasteiger partial charge in [-0.05, 0) is 24.2 Å². The van der Waals surface area contributed by atoms with Crippen molar-refractivity contribution in [3.05, 3.63) is 0 Å². The van der Waals surface area contributed by atoms with Gasteiger partial charge in [0, 0.05) is 0 Å². The molecule has 0 aromatic carbocycles. The molecular formula is C15H28O4. The lowest BCUT2D eigenvalue weighted by Gasteiger charge is -2.22. The zero-order valence-electron chi connectivity index (χ0n) is 13.0. The van der Waals surface area contributed by atoms with Gasteiger partial charge in [0.1, 0.15) is 0 Å². The minimum Gasteiger partial charge on any atom is -0.247 e.